The number of ketones is 1. The molecule has 0 aliphatic carbocycles. The number of halogens is 1. The zero-order chi connectivity index (χ0) is 10.7. The summed E-state index contributed by atoms with van der Waals surface area (Å²) < 4.78 is 0.642. The van der Waals surface area contributed by atoms with Crippen molar-refractivity contribution in [3.8, 4) is 0 Å². The SMILES string of the molecule is Cc1ccc(C(=O)CC(=O)O)c(Br)c1. The second-order valence-corrected chi connectivity index (χ2v) is 3.83. The molecule has 3 nitrogen and oxygen atoms in total. The number of carboxylic acids is 1. The first-order valence-electron chi connectivity index (χ1n) is 4.02. The van der Waals surface area contributed by atoms with Crippen LogP contribution in [0.15, 0.2) is 22.7 Å². The summed E-state index contributed by atoms with van der Waals surface area (Å²) in [6.45, 7) is 1.90. The summed E-state index contributed by atoms with van der Waals surface area (Å²) in [5.74, 6) is -1.49. The maximum absolute atomic E-state index is 11.4. The van der Waals surface area contributed by atoms with E-state index in [-0.39, 0.29) is 5.78 Å². The van der Waals surface area contributed by atoms with Crippen molar-refractivity contribution in [3.63, 3.8) is 0 Å². The lowest BCUT2D eigenvalue weighted by molar-refractivity contribution is -0.135. The second-order valence-electron chi connectivity index (χ2n) is 2.98. The Balaban J connectivity index is 2.96. The predicted octanol–water partition coefficient (Wildman–Crippen LogP) is 2.41. The van der Waals surface area contributed by atoms with Gasteiger partial charge in [0, 0.05) is 10.0 Å². The molecule has 0 saturated heterocycles. The Kier molecular flexibility index (Phi) is 3.41. The Morgan fingerprint density at radius 2 is 2.07 bits per heavy atom. The lowest BCUT2D eigenvalue weighted by atomic mass is 10.1. The Labute approximate surface area is 89.9 Å². The molecular formula is C10H9BrO3. The minimum atomic E-state index is -1.11. The van der Waals surface area contributed by atoms with Crippen LogP contribution in [0, 0.1) is 6.92 Å². The summed E-state index contributed by atoms with van der Waals surface area (Å²) in [5.41, 5.74) is 1.43. The highest BCUT2D eigenvalue weighted by molar-refractivity contribution is 9.10. The normalized spacial score (nSPS) is 9.86. The number of Topliss-reactive ketones (excluding diaryl/α,β-unsaturated/α-hetero) is 1. The van der Waals surface area contributed by atoms with Crippen LogP contribution in [-0.2, 0) is 4.79 Å². The summed E-state index contributed by atoms with van der Waals surface area (Å²) in [6, 6.07) is 5.19. The van der Waals surface area contributed by atoms with E-state index in [1.54, 1.807) is 18.2 Å². The molecule has 0 bridgehead atoms. The van der Waals surface area contributed by atoms with Crippen molar-refractivity contribution in [3.05, 3.63) is 33.8 Å². The standard InChI is InChI=1S/C10H9BrO3/c1-6-2-3-7(8(11)4-6)9(12)5-10(13)14/h2-4H,5H2,1H3,(H,13,14). The molecule has 4 heteroatoms. The Morgan fingerprint density at radius 3 is 2.57 bits per heavy atom. The molecular weight excluding hydrogens is 248 g/mol. The van der Waals surface area contributed by atoms with Gasteiger partial charge in [-0.2, -0.15) is 0 Å². The van der Waals surface area contributed by atoms with Crippen LogP contribution in [0.1, 0.15) is 22.3 Å². The second kappa shape index (κ2) is 4.37. The summed E-state index contributed by atoms with van der Waals surface area (Å²) in [6.07, 6.45) is -0.471. The highest BCUT2D eigenvalue weighted by atomic mass is 79.9. The average Bonchev–Trinajstić information content (AvgIpc) is 2.01. The minimum absolute atomic E-state index is 0.385. The van der Waals surface area contributed by atoms with Gasteiger partial charge in [-0.25, -0.2) is 0 Å². The Morgan fingerprint density at radius 1 is 1.43 bits per heavy atom. The van der Waals surface area contributed by atoms with Crippen molar-refractivity contribution in [2.45, 2.75) is 13.3 Å². The van der Waals surface area contributed by atoms with Crippen molar-refractivity contribution >= 4 is 27.7 Å². The van der Waals surface area contributed by atoms with E-state index < -0.39 is 12.4 Å². The topological polar surface area (TPSA) is 54.4 Å². The molecule has 0 heterocycles. The van der Waals surface area contributed by atoms with E-state index in [9.17, 15) is 9.59 Å². The van der Waals surface area contributed by atoms with Crippen molar-refractivity contribution < 1.29 is 14.7 Å². The van der Waals surface area contributed by atoms with Gasteiger partial charge >= 0.3 is 5.97 Å². The van der Waals surface area contributed by atoms with E-state index in [2.05, 4.69) is 15.9 Å². The van der Waals surface area contributed by atoms with Gasteiger partial charge in [0.15, 0.2) is 5.78 Å². The van der Waals surface area contributed by atoms with Gasteiger partial charge in [-0.1, -0.05) is 22.0 Å². The minimum Gasteiger partial charge on any atom is -0.481 e. The summed E-state index contributed by atoms with van der Waals surface area (Å²) in [5, 5.41) is 8.45. The molecule has 0 atom stereocenters. The Bertz CT molecular complexity index is 385. The highest BCUT2D eigenvalue weighted by Crippen LogP contribution is 2.19. The quantitative estimate of drug-likeness (QED) is 0.668. The van der Waals surface area contributed by atoms with Gasteiger partial charge in [0.05, 0.1) is 0 Å². The molecule has 1 aromatic rings. The van der Waals surface area contributed by atoms with E-state index >= 15 is 0 Å². The third-order valence-corrected chi connectivity index (χ3v) is 2.39. The van der Waals surface area contributed by atoms with Crippen LogP contribution in [-0.4, -0.2) is 16.9 Å². The molecule has 0 aromatic heterocycles. The highest BCUT2D eigenvalue weighted by Gasteiger charge is 2.13. The van der Waals surface area contributed by atoms with Gasteiger partial charge in [0.25, 0.3) is 0 Å². The number of rotatable bonds is 3. The first-order chi connectivity index (χ1) is 6.50. The fourth-order valence-corrected chi connectivity index (χ4v) is 1.79. The molecule has 0 saturated carbocycles. The van der Waals surface area contributed by atoms with Crippen molar-refractivity contribution in [2.75, 3.05) is 0 Å². The molecule has 0 fully saturated rings. The fourth-order valence-electron chi connectivity index (χ4n) is 1.08. The number of carbonyl (C=O) groups is 2. The van der Waals surface area contributed by atoms with Gasteiger partial charge in [-0.15, -0.1) is 0 Å². The van der Waals surface area contributed by atoms with Crippen LogP contribution in [0.3, 0.4) is 0 Å². The molecule has 0 aliphatic heterocycles. The molecule has 14 heavy (non-hydrogen) atoms. The van der Waals surface area contributed by atoms with Crippen molar-refractivity contribution in [1.29, 1.82) is 0 Å². The third-order valence-electron chi connectivity index (χ3n) is 1.74. The zero-order valence-corrected chi connectivity index (χ0v) is 9.17. The first-order valence-corrected chi connectivity index (χ1v) is 4.81. The van der Waals surface area contributed by atoms with Crippen LogP contribution in [0.2, 0.25) is 0 Å². The third kappa shape index (κ3) is 2.67. The number of benzene rings is 1. The maximum Gasteiger partial charge on any atom is 0.311 e. The molecule has 74 valence electrons. The van der Waals surface area contributed by atoms with E-state index in [0.717, 1.165) is 5.56 Å². The van der Waals surface area contributed by atoms with Crippen LogP contribution >= 0.6 is 15.9 Å². The number of carbonyl (C=O) groups excluding carboxylic acids is 1. The lowest BCUT2D eigenvalue weighted by Crippen LogP contribution is -2.07. The fraction of sp³-hybridized carbons (Fsp3) is 0.200. The number of carboxylic acid groups (broad SMARTS) is 1. The number of hydrogen-bond donors (Lipinski definition) is 1. The van der Waals surface area contributed by atoms with Gasteiger partial charge in [0.2, 0.25) is 0 Å². The number of hydrogen-bond acceptors (Lipinski definition) is 2. The lowest BCUT2D eigenvalue weighted by Gasteiger charge is -2.02. The maximum atomic E-state index is 11.4. The van der Waals surface area contributed by atoms with Crippen LogP contribution in [0.4, 0.5) is 0 Å². The summed E-state index contributed by atoms with van der Waals surface area (Å²) in [7, 11) is 0. The largest absolute Gasteiger partial charge is 0.481 e. The van der Waals surface area contributed by atoms with Gasteiger partial charge in [-0.3, -0.25) is 9.59 Å². The summed E-state index contributed by atoms with van der Waals surface area (Å²) >= 11 is 3.22. The zero-order valence-electron chi connectivity index (χ0n) is 7.58. The molecule has 0 radical (unpaired) electrons. The van der Waals surface area contributed by atoms with Gasteiger partial charge in [-0.05, 0) is 24.6 Å². The molecule has 0 spiro atoms. The molecule has 0 aliphatic rings. The predicted molar refractivity (Wildman–Crippen MR) is 55.5 cm³/mol. The van der Waals surface area contributed by atoms with Crippen LogP contribution < -0.4 is 0 Å². The monoisotopic (exact) mass is 256 g/mol. The Hall–Kier alpha value is -1.16. The number of aliphatic carboxylic acids is 1. The number of aryl methyl sites for hydroxylation is 1. The van der Waals surface area contributed by atoms with E-state index in [1.165, 1.54) is 0 Å². The van der Waals surface area contributed by atoms with Gasteiger partial charge in [0.1, 0.15) is 6.42 Å². The summed E-state index contributed by atoms with van der Waals surface area (Å²) in [4.78, 5) is 21.7. The van der Waals surface area contributed by atoms with E-state index in [1.807, 2.05) is 6.92 Å². The molecule has 1 N–H and O–H groups in total. The molecule has 1 aromatic carbocycles. The van der Waals surface area contributed by atoms with Crippen molar-refractivity contribution in [1.82, 2.24) is 0 Å². The molecule has 0 unspecified atom stereocenters. The smallest absolute Gasteiger partial charge is 0.311 e. The van der Waals surface area contributed by atoms with Gasteiger partial charge < -0.3 is 5.11 Å². The van der Waals surface area contributed by atoms with E-state index in [4.69, 9.17) is 5.11 Å². The van der Waals surface area contributed by atoms with Crippen LogP contribution in [0.5, 0.6) is 0 Å². The average molecular weight is 257 g/mol. The molecule has 0 amide bonds. The van der Waals surface area contributed by atoms with Crippen LogP contribution in [0.25, 0.3) is 0 Å². The van der Waals surface area contributed by atoms with Crippen molar-refractivity contribution in [2.24, 2.45) is 0 Å². The van der Waals surface area contributed by atoms with E-state index in [0.29, 0.717) is 10.0 Å². The first kappa shape index (κ1) is 10.9. The molecule has 1 rings (SSSR count).